The third-order valence-corrected chi connectivity index (χ3v) is 23.9. The van der Waals surface area contributed by atoms with Crippen LogP contribution in [0.4, 0.5) is 9.59 Å². The standard InChI is InChI=1S/C72H112N2O8/c1-49(2)21-19-23-51(5)59-29-31-61-57-27-25-53-47-55(33-39-69(53,7)63(57)35-41-71(59,61)9)81-65(75)37-43-73-67(77)79-45-17-15-13-11-12-14-16-18-46-80-68(78)74-44-38-66(76)82-56-34-40-70(8)54(48-56)26-28-58-62-32-30-60(52(6)24-20-22-50(3)4)72(62,10)42-36-64(58)70/h25-26,49-52,55-64H,15-24,27-48H2,1-10H3,(H,73,77)(H,74,78)/t51-,52-,55+,56+,57+,58+,59-,60-,61+,62+,63+,64+,69+,70+,71-,72-/m1/s1. The summed E-state index contributed by atoms with van der Waals surface area (Å²) < 4.78 is 22.6. The van der Waals surface area contributed by atoms with Crippen LogP contribution in [0.25, 0.3) is 0 Å². The fourth-order valence-corrected chi connectivity index (χ4v) is 19.5. The van der Waals surface area contributed by atoms with E-state index in [0.717, 1.165) is 110 Å². The van der Waals surface area contributed by atoms with E-state index < -0.39 is 12.2 Å². The molecular weight excluding hydrogens is 1020 g/mol. The molecule has 16 atom stereocenters. The molecule has 6 saturated carbocycles. The minimum Gasteiger partial charge on any atom is -0.462 e. The Labute approximate surface area is 497 Å². The molecule has 2 amide bonds. The molecule has 10 heteroatoms. The Morgan fingerprint density at radius 2 is 0.939 bits per heavy atom. The number of rotatable bonds is 24. The molecule has 8 rings (SSSR count). The predicted molar refractivity (Wildman–Crippen MR) is 328 cm³/mol. The summed E-state index contributed by atoms with van der Waals surface area (Å²) in [7, 11) is 0. The zero-order chi connectivity index (χ0) is 58.7. The lowest BCUT2D eigenvalue weighted by atomic mass is 9.47. The molecule has 0 aliphatic heterocycles. The van der Waals surface area contributed by atoms with Gasteiger partial charge in [0, 0.05) is 38.8 Å². The molecule has 0 bridgehead atoms. The van der Waals surface area contributed by atoms with Gasteiger partial charge in [-0.05, 0) is 207 Å². The van der Waals surface area contributed by atoms with Crippen LogP contribution in [0.2, 0.25) is 0 Å². The van der Waals surface area contributed by atoms with Gasteiger partial charge in [0.15, 0.2) is 0 Å². The molecule has 458 valence electrons. The Balaban J connectivity index is 0.619. The number of allylic oxidation sites excluding steroid dienone is 2. The highest BCUT2D eigenvalue weighted by Gasteiger charge is 2.61. The Bertz CT molecular complexity index is 2210. The van der Waals surface area contributed by atoms with Crippen molar-refractivity contribution in [2.45, 2.75) is 261 Å². The summed E-state index contributed by atoms with van der Waals surface area (Å²) >= 11 is 0. The van der Waals surface area contributed by atoms with E-state index in [4.69, 9.17) is 18.9 Å². The second kappa shape index (κ2) is 29.0. The summed E-state index contributed by atoms with van der Waals surface area (Å²) in [6.07, 6.45) is 33.5. The van der Waals surface area contributed by atoms with Gasteiger partial charge in [-0.1, -0.05) is 143 Å². The first-order chi connectivity index (χ1) is 39.2. The van der Waals surface area contributed by atoms with Gasteiger partial charge in [0.1, 0.15) is 12.2 Å². The lowest BCUT2D eigenvalue weighted by Crippen LogP contribution is -2.51. The Hall–Kier alpha value is -3.92. The molecule has 8 aliphatic rings. The van der Waals surface area contributed by atoms with E-state index in [1.807, 2.05) is 0 Å². The van der Waals surface area contributed by atoms with Gasteiger partial charge >= 0.3 is 24.1 Å². The molecule has 8 aliphatic carbocycles. The summed E-state index contributed by atoms with van der Waals surface area (Å²) in [6.45, 7) is 25.7. The summed E-state index contributed by atoms with van der Waals surface area (Å²) in [4.78, 5) is 50.4. The summed E-state index contributed by atoms with van der Waals surface area (Å²) in [5, 5.41) is 5.38. The number of nitrogens with one attached hydrogen (secondary N) is 2. The van der Waals surface area contributed by atoms with Crippen LogP contribution >= 0.6 is 0 Å². The van der Waals surface area contributed by atoms with Crippen LogP contribution in [0.5, 0.6) is 0 Å². The average Bonchev–Trinajstić information content (AvgIpc) is 2.37. The van der Waals surface area contributed by atoms with E-state index in [-0.39, 0.29) is 74.1 Å². The molecule has 10 nitrogen and oxygen atoms in total. The van der Waals surface area contributed by atoms with Gasteiger partial charge in [0.2, 0.25) is 0 Å². The van der Waals surface area contributed by atoms with E-state index in [2.05, 4.69) is 116 Å². The van der Waals surface area contributed by atoms with Crippen LogP contribution in [0.15, 0.2) is 23.3 Å². The molecule has 0 aromatic rings. The minimum atomic E-state index is -0.551. The highest BCUT2D eigenvalue weighted by atomic mass is 16.6. The third kappa shape index (κ3) is 15.4. The SMILES string of the molecule is CC(C)CCC[C@@H](C)[C@H]1CC[C@H]2[C@@H]3CC=C4C[C@@H](OC(=O)CCNC(=O)OCCCC#CC#CCCCOC(=O)NCCC(=O)O[C@H]5CC[C@@]6(C)C(=CC[C@H]7[C@@H]8CC[C@H]([C@H](C)CCCC(C)C)[C@@]8(C)CC[C@@H]76)C5)CC[C@]4(C)[C@H]3CC[C@]12C. The topological polar surface area (TPSA) is 129 Å². The molecule has 82 heavy (non-hydrogen) atoms. The quantitative estimate of drug-likeness (QED) is 0.0321. The molecule has 0 saturated heterocycles. The average molecular weight is 1130 g/mol. The molecule has 2 N–H and O–H groups in total. The number of amides is 2. The van der Waals surface area contributed by atoms with Crippen molar-refractivity contribution in [1.82, 2.24) is 10.6 Å². The lowest BCUT2D eigenvalue weighted by molar-refractivity contribution is -0.152. The van der Waals surface area contributed by atoms with Gasteiger partial charge in [-0.3, -0.25) is 9.59 Å². The highest BCUT2D eigenvalue weighted by molar-refractivity contribution is 5.72. The minimum absolute atomic E-state index is 0.0961. The summed E-state index contributed by atoms with van der Waals surface area (Å²) in [6, 6.07) is 0. The normalized spacial score (nSPS) is 34.9. The van der Waals surface area contributed by atoms with Crippen LogP contribution in [-0.2, 0) is 28.5 Å². The van der Waals surface area contributed by atoms with Crippen molar-refractivity contribution in [2.75, 3.05) is 26.3 Å². The summed E-state index contributed by atoms with van der Waals surface area (Å²) in [5.74, 6) is 20.7. The van der Waals surface area contributed by atoms with E-state index in [0.29, 0.717) is 36.5 Å². The second-order valence-corrected chi connectivity index (χ2v) is 29.7. The van der Waals surface area contributed by atoms with E-state index in [9.17, 15) is 19.2 Å². The number of carbonyl (C=O) groups excluding carboxylic acids is 4. The van der Waals surface area contributed by atoms with Crippen LogP contribution in [-0.4, -0.2) is 62.6 Å². The zero-order valence-corrected chi connectivity index (χ0v) is 53.1. The largest absolute Gasteiger partial charge is 0.462 e. The molecule has 0 spiro atoms. The Morgan fingerprint density at radius 1 is 0.524 bits per heavy atom. The molecule has 0 radical (unpaired) electrons. The van der Waals surface area contributed by atoms with E-state index in [1.54, 1.807) is 0 Å². The zero-order valence-electron chi connectivity index (χ0n) is 53.1. The lowest BCUT2D eigenvalue weighted by Gasteiger charge is -2.58. The number of hydrogen-bond acceptors (Lipinski definition) is 8. The number of esters is 2. The molecule has 0 aromatic heterocycles. The Kier molecular flexibility index (Phi) is 22.6. The van der Waals surface area contributed by atoms with Gasteiger partial charge in [-0.15, -0.1) is 0 Å². The number of hydrogen-bond donors (Lipinski definition) is 2. The Morgan fingerprint density at radius 3 is 1.34 bits per heavy atom. The number of ether oxygens (including phenoxy) is 4. The fourth-order valence-electron chi connectivity index (χ4n) is 19.5. The van der Waals surface area contributed by atoms with Gasteiger partial charge in [0.25, 0.3) is 0 Å². The monoisotopic (exact) mass is 1130 g/mol. The second-order valence-electron chi connectivity index (χ2n) is 29.7. The predicted octanol–water partition coefficient (Wildman–Crippen LogP) is 16.7. The maximum absolute atomic E-state index is 12.9. The van der Waals surface area contributed by atoms with Crippen molar-refractivity contribution >= 4 is 24.1 Å². The summed E-state index contributed by atoms with van der Waals surface area (Å²) in [5.41, 5.74) is 4.41. The molecule has 0 heterocycles. The van der Waals surface area contributed by atoms with Gasteiger partial charge in [-0.2, -0.15) is 0 Å². The number of fused-ring (bicyclic) bond motifs is 10. The van der Waals surface area contributed by atoms with Gasteiger partial charge < -0.3 is 29.6 Å². The van der Waals surface area contributed by atoms with Crippen LogP contribution in [0, 0.1) is 116 Å². The van der Waals surface area contributed by atoms with Crippen molar-refractivity contribution in [3.8, 4) is 23.7 Å². The first-order valence-corrected chi connectivity index (χ1v) is 33.8. The van der Waals surface area contributed by atoms with Crippen molar-refractivity contribution in [2.24, 2.45) is 92.7 Å². The van der Waals surface area contributed by atoms with Crippen molar-refractivity contribution in [1.29, 1.82) is 0 Å². The van der Waals surface area contributed by atoms with Crippen LogP contribution in [0.3, 0.4) is 0 Å². The van der Waals surface area contributed by atoms with Crippen molar-refractivity contribution < 1.29 is 38.1 Å². The highest BCUT2D eigenvalue weighted by Crippen LogP contribution is 2.69. The maximum atomic E-state index is 12.9. The number of unbranched alkanes of at least 4 members (excludes halogenated alkanes) is 2. The maximum Gasteiger partial charge on any atom is 0.407 e. The third-order valence-electron chi connectivity index (χ3n) is 23.9. The first kappa shape index (κ1) is 64.1. The van der Waals surface area contributed by atoms with E-state index >= 15 is 0 Å². The van der Waals surface area contributed by atoms with Crippen molar-refractivity contribution in [3.05, 3.63) is 23.3 Å². The smallest absolute Gasteiger partial charge is 0.407 e. The van der Waals surface area contributed by atoms with Gasteiger partial charge in [0.05, 0.1) is 26.1 Å². The molecular formula is C72H112N2O8. The van der Waals surface area contributed by atoms with Crippen molar-refractivity contribution in [3.63, 3.8) is 0 Å². The number of alkyl carbamates (subject to hydrolysis) is 2. The molecule has 0 unspecified atom stereocenters. The first-order valence-electron chi connectivity index (χ1n) is 33.8. The molecule has 6 fully saturated rings. The number of carbonyl (C=O) groups is 4. The van der Waals surface area contributed by atoms with Gasteiger partial charge in [-0.25, -0.2) is 9.59 Å². The fraction of sp³-hybridized carbons (Fsp3) is 0.833. The molecule has 0 aromatic carbocycles. The van der Waals surface area contributed by atoms with Crippen LogP contribution in [0.1, 0.15) is 249 Å². The van der Waals surface area contributed by atoms with E-state index in [1.165, 1.54) is 114 Å². The van der Waals surface area contributed by atoms with Crippen LogP contribution < -0.4 is 10.6 Å².